The summed E-state index contributed by atoms with van der Waals surface area (Å²) in [6.45, 7) is 0. The van der Waals surface area contributed by atoms with Crippen molar-refractivity contribution in [3.8, 4) is 0 Å². The lowest BCUT2D eigenvalue weighted by atomic mass is 10.1. The van der Waals surface area contributed by atoms with E-state index in [9.17, 15) is 4.79 Å². The molecule has 0 heterocycles. The van der Waals surface area contributed by atoms with E-state index in [1.807, 2.05) is 36.5 Å². The first-order valence-electron chi connectivity index (χ1n) is 4.29. The Balaban J connectivity index is 2.76. The fraction of sp³-hybridized carbons (Fsp3) is 0.182. The van der Waals surface area contributed by atoms with Crippen LogP contribution in [0.25, 0.3) is 0 Å². The number of rotatable bonds is 1. The van der Waals surface area contributed by atoms with Gasteiger partial charge in [0.15, 0.2) is 0 Å². The second-order valence-electron chi connectivity index (χ2n) is 2.75. The van der Waals surface area contributed by atoms with Crippen LogP contribution in [0.15, 0.2) is 48.1 Å². The van der Waals surface area contributed by atoms with Crippen molar-refractivity contribution in [2.24, 2.45) is 5.73 Å². The molecule has 0 spiro atoms. The molecular formula is C11H13NO. The zero-order valence-corrected chi connectivity index (χ0v) is 7.44. The van der Waals surface area contributed by atoms with Crippen LogP contribution in [-0.2, 0) is 4.79 Å². The van der Waals surface area contributed by atoms with Crippen molar-refractivity contribution in [1.29, 1.82) is 0 Å². The van der Waals surface area contributed by atoms with Crippen molar-refractivity contribution in [3.05, 3.63) is 48.1 Å². The highest BCUT2D eigenvalue weighted by Crippen LogP contribution is 2.02. The molecule has 0 aromatic carbocycles. The molecule has 0 fully saturated rings. The van der Waals surface area contributed by atoms with Crippen molar-refractivity contribution in [1.82, 2.24) is 0 Å². The fourth-order valence-corrected chi connectivity index (χ4v) is 1.03. The number of nitrogens with two attached hydrogens (primary N) is 1. The molecule has 0 unspecified atom stereocenters. The highest BCUT2D eigenvalue weighted by atomic mass is 16.1. The van der Waals surface area contributed by atoms with Gasteiger partial charge in [-0.1, -0.05) is 42.5 Å². The van der Waals surface area contributed by atoms with Crippen molar-refractivity contribution < 1.29 is 4.79 Å². The number of primary amides is 1. The van der Waals surface area contributed by atoms with Crippen molar-refractivity contribution >= 4 is 5.91 Å². The third-order valence-electron chi connectivity index (χ3n) is 1.71. The van der Waals surface area contributed by atoms with Crippen LogP contribution in [0.3, 0.4) is 0 Å². The van der Waals surface area contributed by atoms with Gasteiger partial charge in [0.1, 0.15) is 0 Å². The molecule has 0 atom stereocenters. The summed E-state index contributed by atoms with van der Waals surface area (Å²) in [5, 5.41) is 0. The van der Waals surface area contributed by atoms with Crippen LogP contribution in [0.4, 0.5) is 0 Å². The van der Waals surface area contributed by atoms with Crippen molar-refractivity contribution in [2.45, 2.75) is 12.8 Å². The van der Waals surface area contributed by atoms with E-state index in [1.165, 1.54) is 0 Å². The number of allylic oxidation sites excluding steroid dienone is 6. The van der Waals surface area contributed by atoms with Gasteiger partial charge in [-0.25, -0.2) is 0 Å². The molecule has 68 valence electrons. The Morgan fingerprint density at radius 2 is 1.85 bits per heavy atom. The smallest absolute Gasteiger partial charge is 0.248 e. The van der Waals surface area contributed by atoms with E-state index in [-0.39, 0.29) is 5.91 Å². The highest BCUT2D eigenvalue weighted by Gasteiger charge is 1.97. The maximum absolute atomic E-state index is 10.9. The molecule has 2 nitrogen and oxygen atoms in total. The van der Waals surface area contributed by atoms with Gasteiger partial charge in [-0.3, -0.25) is 4.79 Å². The van der Waals surface area contributed by atoms with Gasteiger partial charge in [-0.05, 0) is 12.8 Å². The van der Waals surface area contributed by atoms with Crippen LogP contribution in [-0.4, -0.2) is 5.91 Å². The molecule has 1 aliphatic carbocycles. The second-order valence-corrected chi connectivity index (χ2v) is 2.75. The summed E-state index contributed by atoms with van der Waals surface area (Å²) in [7, 11) is 0. The molecule has 0 aromatic rings. The summed E-state index contributed by atoms with van der Waals surface area (Å²) in [5.41, 5.74) is 5.76. The maximum Gasteiger partial charge on any atom is 0.248 e. The highest BCUT2D eigenvalue weighted by molar-refractivity contribution is 5.94. The quantitative estimate of drug-likeness (QED) is 0.649. The Morgan fingerprint density at radius 3 is 2.54 bits per heavy atom. The molecule has 0 saturated heterocycles. The van der Waals surface area contributed by atoms with Crippen LogP contribution in [0.5, 0.6) is 0 Å². The van der Waals surface area contributed by atoms with Crippen LogP contribution >= 0.6 is 0 Å². The fourth-order valence-electron chi connectivity index (χ4n) is 1.03. The van der Waals surface area contributed by atoms with Gasteiger partial charge < -0.3 is 5.73 Å². The summed E-state index contributed by atoms with van der Waals surface area (Å²) in [4.78, 5) is 10.9. The standard InChI is InChI=1S/C11H13NO/c12-11(13)10-8-6-4-2-1-3-5-7-9-10/h1-4,7-9H,5-6H2,(H2,12,13)/b3-1-,4-2-,9-7-,10-8+. The minimum atomic E-state index is -0.366. The Labute approximate surface area is 78.1 Å². The van der Waals surface area contributed by atoms with Crippen LogP contribution in [0.1, 0.15) is 12.8 Å². The topological polar surface area (TPSA) is 43.1 Å². The minimum Gasteiger partial charge on any atom is -0.366 e. The predicted molar refractivity (Wildman–Crippen MR) is 53.9 cm³/mol. The molecule has 0 aromatic heterocycles. The Hall–Kier alpha value is -1.57. The first-order valence-corrected chi connectivity index (χ1v) is 4.29. The third kappa shape index (κ3) is 3.56. The summed E-state index contributed by atoms with van der Waals surface area (Å²) in [6, 6.07) is 0. The summed E-state index contributed by atoms with van der Waals surface area (Å²) < 4.78 is 0. The zero-order chi connectivity index (χ0) is 9.52. The number of amides is 1. The number of carbonyl (C=O) groups is 1. The van der Waals surface area contributed by atoms with Gasteiger partial charge in [-0.2, -0.15) is 0 Å². The largest absolute Gasteiger partial charge is 0.366 e. The zero-order valence-electron chi connectivity index (χ0n) is 7.44. The van der Waals surface area contributed by atoms with Gasteiger partial charge >= 0.3 is 0 Å². The number of carbonyl (C=O) groups excluding carboxylic acids is 1. The Kier molecular flexibility index (Phi) is 3.76. The van der Waals surface area contributed by atoms with Crippen LogP contribution in [0, 0.1) is 0 Å². The Bertz CT molecular complexity index is 295. The normalized spacial score (nSPS) is 28.2. The van der Waals surface area contributed by atoms with E-state index in [1.54, 1.807) is 6.08 Å². The SMILES string of the molecule is NC(=O)C1=C/C/C=C\C=C/C/C=C\1. The van der Waals surface area contributed by atoms with E-state index in [0.29, 0.717) is 5.57 Å². The second kappa shape index (κ2) is 5.14. The molecular weight excluding hydrogens is 162 g/mol. The molecule has 0 aliphatic heterocycles. The number of hydrogen-bond acceptors (Lipinski definition) is 1. The van der Waals surface area contributed by atoms with Crippen LogP contribution < -0.4 is 5.73 Å². The lowest BCUT2D eigenvalue weighted by molar-refractivity contribution is -0.114. The minimum absolute atomic E-state index is 0.366. The van der Waals surface area contributed by atoms with E-state index >= 15 is 0 Å². The molecule has 0 saturated carbocycles. The van der Waals surface area contributed by atoms with Crippen molar-refractivity contribution in [3.63, 3.8) is 0 Å². The average Bonchev–Trinajstić information content (AvgIpc) is 2.14. The number of hydrogen-bond donors (Lipinski definition) is 1. The summed E-state index contributed by atoms with van der Waals surface area (Å²) >= 11 is 0. The van der Waals surface area contributed by atoms with E-state index in [4.69, 9.17) is 5.73 Å². The molecule has 2 heteroatoms. The van der Waals surface area contributed by atoms with Crippen molar-refractivity contribution in [2.75, 3.05) is 0 Å². The van der Waals surface area contributed by atoms with E-state index in [2.05, 4.69) is 0 Å². The lowest BCUT2D eigenvalue weighted by Gasteiger charge is -1.95. The van der Waals surface area contributed by atoms with E-state index in [0.717, 1.165) is 12.8 Å². The first-order chi connectivity index (χ1) is 6.30. The van der Waals surface area contributed by atoms with Gasteiger partial charge in [0.05, 0.1) is 0 Å². The first kappa shape index (κ1) is 9.52. The van der Waals surface area contributed by atoms with Gasteiger partial charge in [0.2, 0.25) is 5.91 Å². The van der Waals surface area contributed by atoms with E-state index < -0.39 is 0 Å². The van der Waals surface area contributed by atoms with Gasteiger partial charge in [-0.15, -0.1) is 0 Å². The molecule has 0 radical (unpaired) electrons. The molecule has 1 aliphatic rings. The summed E-state index contributed by atoms with van der Waals surface area (Å²) in [6.07, 6.45) is 15.1. The predicted octanol–water partition coefficient (Wildman–Crippen LogP) is 1.86. The molecule has 1 rings (SSSR count). The van der Waals surface area contributed by atoms with Crippen LogP contribution in [0.2, 0.25) is 0 Å². The maximum atomic E-state index is 10.9. The molecule has 1 amide bonds. The monoisotopic (exact) mass is 175 g/mol. The summed E-state index contributed by atoms with van der Waals surface area (Å²) in [5.74, 6) is -0.366. The average molecular weight is 175 g/mol. The van der Waals surface area contributed by atoms with Gasteiger partial charge in [0, 0.05) is 5.57 Å². The molecule has 0 bridgehead atoms. The third-order valence-corrected chi connectivity index (χ3v) is 1.71. The molecule has 2 N–H and O–H groups in total. The molecule has 13 heavy (non-hydrogen) atoms. The van der Waals surface area contributed by atoms with Gasteiger partial charge in [0.25, 0.3) is 0 Å². The Morgan fingerprint density at radius 1 is 1.15 bits per heavy atom. The lowest BCUT2D eigenvalue weighted by Crippen LogP contribution is -2.12.